The van der Waals surface area contributed by atoms with Crippen molar-refractivity contribution >= 4 is 40.3 Å². The van der Waals surface area contributed by atoms with Gasteiger partial charge in [-0.2, -0.15) is 0 Å². The summed E-state index contributed by atoms with van der Waals surface area (Å²) >= 11 is 11.5. The van der Waals surface area contributed by atoms with Gasteiger partial charge in [0.2, 0.25) is 0 Å². The van der Waals surface area contributed by atoms with Gasteiger partial charge in [-0.1, -0.05) is 35.9 Å². The van der Waals surface area contributed by atoms with Gasteiger partial charge in [-0.3, -0.25) is 0 Å². The van der Waals surface area contributed by atoms with E-state index in [1.54, 1.807) is 0 Å². The molecule has 19 heavy (non-hydrogen) atoms. The van der Waals surface area contributed by atoms with Crippen LogP contribution in [0.25, 0.3) is 0 Å². The zero-order valence-corrected chi connectivity index (χ0v) is 11.8. The molecule has 1 N–H and O–H groups in total. The van der Waals surface area contributed by atoms with Crippen LogP contribution in [-0.2, 0) is 6.42 Å². The largest absolute Gasteiger partial charge is 0.332 e. The lowest BCUT2D eigenvalue weighted by Crippen LogP contribution is -2.33. The Morgan fingerprint density at radius 3 is 2.84 bits per heavy atom. The minimum Gasteiger partial charge on any atom is -0.332 e. The summed E-state index contributed by atoms with van der Waals surface area (Å²) in [7, 11) is 0. The van der Waals surface area contributed by atoms with Crippen LogP contribution in [0.4, 0.5) is 11.4 Å². The predicted molar refractivity (Wildman–Crippen MR) is 85.2 cm³/mol. The Morgan fingerprint density at radius 2 is 2.00 bits per heavy atom. The van der Waals surface area contributed by atoms with Crippen molar-refractivity contribution in [3.8, 4) is 0 Å². The summed E-state index contributed by atoms with van der Waals surface area (Å²) in [6, 6.07) is 15.9. The van der Waals surface area contributed by atoms with Crippen LogP contribution in [0.3, 0.4) is 0 Å². The Bertz CT molecular complexity index is 627. The maximum Gasteiger partial charge on any atom is 0.177 e. The van der Waals surface area contributed by atoms with Gasteiger partial charge in [-0.25, -0.2) is 0 Å². The molecule has 0 atom stereocenters. The zero-order chi connectivity index (χ0) is 13.2. The smallest absolute Gasteiger partial charge is 0.177 e. The van der Waals surface area contributed by atoms with E-state index in [-0.39, 0.29) is 0 Å². The number of hydrogen-bond donors (Lipinski definition) is 1. The molecule has 1 aliphatic heterocycles. The highest BCUT2D eigenvalue weighted by atomic mass is 35.5. The second kappa shape index (κ2) is 5.19. The van der Waals surface area contributed by atoms with Gasteiger partial charge in [0.1, 0.15) is 0 Å². The van der Waals surface area contributed by atoms with Gasteiger partial charge in [0.25, 0.3) is 0 Å². The fraction of sp³-hybridized carbons (Fsp3) is 0.133. The van der Waals surface area contributed by atoms with Gasteiger partial charge in [0.15, 0.2) is 5.11 Å². The molecule has 0 unspecified atom stereocenters. The van der Waals surface area contributed by atoms with E-state index in [4.69, 9.17) is 23.8 Å². The molecule has 1 aliphatic rings. The molecule has 3 rings (SSSR count). The number of halogens is 1. The van der Waals surface area contributed by atoms with Gasteiger partial charge in [-0.05, 0) is 48.5 Å². The first-order valence-electron chi connectivity index (χ1n) is 6.16. The Balaban J connectivity index is 1.79. The number of hydrogen-bond acceptors (Lipinski definition) is 1. The van der Waals surface area contributed by atoms with Crippen molar-refractivity contribution in [3.63, 3.8) is 0 Å². The van der Waals surface area contributed by atoms with Gasteiger partial charge >= 0.3 is 0 Å². The lowest BCUT2D eigenvalue weighted by molar-refractivity contribution is 1.03. The molecule has 0 bridgehead atoms. The summed E-state index contributed by atoms with van der Waals surface area (Å²) in [4.78, 5) is 2.13. The molecular formula is C15H13ClN2S. The molecule has 0 aliphatic carbocycles. The van der Waals surface area contributed by atoms with Gasteiger partial charge in [0.05, 0.1) is 0 Å². The molecule has 0 saturated heterocycles. The molecule has 0 aromatic heterocycles. The molecule has 96 valence electrons. The second-order valence-electron chi connectivity index (χ2n) is 4.47. The first-order valence-corrected chi connectivity index (χ1v) is 6.95. The maximum absolute atomic E-state index is 5.97. The van der Waals surface area contributed by atoms with Crippen LogP contribution in [-0.4, -0.2) is 11.7 Å². The van der Waals surface area contributed by atoms with Crippen LogP contribution < -0.4 is 10.2 Å². The van der Waals surface area contributed by atoms with Crippen molar-refractivity contribution in [1.29, 1.82) is 0 Å². The fourth-order valence-electron chi connectivity index (χ4n) is 2.31. The maximum atomic E-state index is 5.97. The van der Waals surface area contributed by atoms with Crippen LogP contribution in [0, 0.1) is 0 Å². The average molecular weight is 289 g/mol. The van der Waals surface area contributed by atoms with E-state index in [2.05, 4.69) is 28.4 Å². The lowest BCUT2D eigenvalue weighted by Gasteiger charge is -2.21. The van der Waals surface area contributed by atoms with Crippen molar-refractivity contribution in [2.24, 2.45) is 0 Å². The molecule has 0 spiro atoms. The summed E-state index contributed by atoms with van der Waals surface area (Å²) < 4.78 is 0. The van der Waals surface area contributed by atoms with E-state index in [9.17, 15) is 0 Å². The van der Waals surface area contributed by atoms with E-state index < -0.39 is 0 Å². The molecule has 4 heteroatoms. The summed E-state index contributed by atoms with van der Waals surface area (Å²) in [6.07, 6.45) is 1.04. The van der Waals surface area contributed by atoms with Crippen molar-refractivity contribution in [3.05, 3.63) is 59.1 Å². The van der Waals surface area contributed by atoms with Crippen LogP contribution in [0.1, 0.15) is 5.56 Å². The van der Waals surface area contributed by atoms with Crippen LogP contribution >= 0.6 is 23.8 Å². The minimum atomic E-state index is 0.703. The van der Waals surface area contributed by atoms with Gasteiger partial charge in [0, 0.05) is 22.9 Å². The summed E-state index contributed by atoms with van der Waals surface area (Å²) in [6.45, 7) is 0.922. The molecule has 0 amide bonds. The number of thiocarbonyl (C=S) groups is 1. The number of rotatable bonds is 1. The molecule has 0 fully saturated rings. The standard InChI is InChI=1S/C15H13ClN2S/c16-12-5-3-6-13(10-12)17-15(19)18-9-8-11-4-1-2-7-14(11)18/h1-7,10H,8-9H2,(H,17,19). The van der Waals surface area contributed by atoms with Gasteiger partial charge < -0.3 is 10.2 Å². The third kappa shape index (κ3) is 2.57. The van der Waals surface area contributed by atoms with E-state index in [1.807, 2.05) is 30.3 Å². The van der Waals surface area contributed by atoms with Gasteiger partial charge in [-0.15, -0.1) is 0 Å². The number of benzene rings is 2. The Labute approximate surface area is 123 Å². The third-order valence-electron chi connectivity index (χ3n) is 3.21. The van der Waals surface area contributed by atoms with Crippen molar-refractivity contribution in [2.75, 3.05) is 16.8 Å². The minimum absolute atomic E-state index is 0.703. The van der Waals surface area contributed by atoms with Crippen molar-refractivity contribution < 1.29 is 0 Å². The highest BCUT2D eigenvalue weighted by molar-refractivity contribution is 7.80. The fourth-order valence-corrected chi connectivity index (χ4v) is 2.80. The SMILES string of the molecule is S=C(Nc1cccc(Cl)c1)N1CCc2ccccc21. The van der Waals surface area contributed by atoms with Crippen molar-refractivity contribution in [1.82, 2.24) is 0 Å². The highest BCUT2D eigenvalue weighted by Gasteiger charge is 2.21. The molecule has 2 aromatic carbocycles. The number of anilines is 2. The average Bonchev–Trinajstić information content (AvgIpc) is 2.82. The van der Waals surface area contributed by atoms with E-state index in [0.717, 1.165) is 18.7 Å². The number of fused-ring (bicyclic) bond motifs is 1. The number of nitrogens with zero attached hydrogens (tertiary/aromatic N) is 1. The second-order valence-corrected chi connectivity index (χ2v) is 5.29. The molecular weight excluding hydrogens is 276 g/mol. The normalized spacial score (nSPS) is 13.2. The zero-order valence-electron chi connectivity index (χ0n) is 10.3. The molecule has 2 nitrogen and oxygen atoms in total. The topological polar surface area (TPSA) is 15.3 Å². The Morgan fingerprint density at radius 1 is 1.16 bits per heavy atom. The third-order valence-corrected chi connectivity index (χ3v) is 3.77. The van der Waals surface area contributed by atoms with Crippen LogP contribution in [0.15, 0.2) is 48.5 Å². The monoisotopic (exact) mass is 288 g/mol. The molecule has 0 saturated carbocycles. The van der Waals surface area contributed by atoms with Crippen LogP contribution in [0.2, 0.25) is 5.02 Å². The first kappa shape index (κ1) is 12.5. The number of nitrogens with one attached hydrogen (secondary N) is 1. The van der Waals surface area contributed by atoms with E-state index in [0.29, 0.717) is 10.1 Å². The molecule has 1 heterocycles. The highest BCUT2D eigenvalue weighted by Crippen LogP contribution is 2.28. The van der Waals surface area contributed by atoms with Crippen LogP contribution in [0.5, 0.6) is 0 Å². The summed E-state index contributed by atoms with van der Waals surface area (Å²) in [5.41, 5.74) is 3.46. The van der Waals surface area contributed by atoms with E-state index >= 15 is 0 Å². The molecule has 2 aromatic rings. The Hall–Kier alpha value is -1.58. The Kier molecular flexibility index (Phi) is 3.40. The summed E-state index contributed by atoms with van der Waals surface area (Å²) in [5, 5.41) is 4.66. The summed E-state index contributed by atoms with van der Waals surface area (Å²) in [5.74, 6) is 0. The van der Waals surface area contributed by atoms with E-state index in [1.165, 1.54) is 11.3 Å². The predicted octanol–water partition coefficient (Wildman–Crippen LogP) is 4.10. The molecule has 0 radical (unpaired) electrons. The van der Waals surface area contributed by atoms with Crippen molar-refractivity contribution in [2.45, 2.75) is 6.42 Å². The quantitative estimate of drug-likeness (QED) is 0.796. The number of para-hydroxylation sites is 1. The first-order chi connectivity index (χ1) is 9.24. The lowest BCUT2D eigenvalue weighted by atomic mass is 10.2.